The van der Waals surface area contributed by atoms with Crippen LogP contribution in [0.5, 0.6) is 0 Å². The summed E-state index contributed by atoms with van der Waals surface area (Å²) in [6.07, 6.45) is 1.97. The maximum atomic E-state index is 5.42. The molecule has 0 atom stereocenters. The smallest absolute Gasteiger partial charge is 0.206 e. The van der Waals surface area contributed by atoms with E-state index in [4.69, 9.17) is 10.6 Å². The van der Waals surface area contributed by atoms with Crippen molar-refractivity contribution < 1.29 is 4.74 Å². The van der Waals surface area contributed by atoms with Crippen LogP contribution in [0.15, 0.2) is 29.3 Å². The first kappa shape index (κ1) is 15.5. The van der Waals surface area contributed by atoms with Crippen molar-refractivity contribution in [3.63, 3.8) is 0 Å². The van der Waals surface area contributed by atoms with Crippen LogP contribution in [0.4, 0.5) is 0 Å². The first-order valence-corrected chi connectivity index (χ1v) is 6.61. The Morgan fingerprint density at radius 1 is 1.26 bits per heavy atom. The summed E-state index contributed by atoms with van der Waals surface area (Å²) in [6, 6.07) is 8.46. The number of aryl methyl sites for hydroxylation is 1. The van der Waals surface area contributed by atoms with Crippen LogP contribution in [-0.4, -0.2) is 26.2 Å². The Hall–Kier alpha value is -1.59. The number of ether oxygens (including phenoxy) is 1. The van der Waals surface area contributed by atoms with Gasteiger partial charge in [0.1, 0.15) is 0 Å². The number of hydrazine groups is 1. The molecule has 1 aromatic rings. The van der Waals surface area contributed by atoms with Crippen LogP contribution in [0.1, 0.15) is 24.5 Å². The normalized spacial score (nSPS) is 11.4. The first-order valence-electron chi connectivity index (χ1n) is 6.61. The summed E-state index contributed by atoms with van der Waals surface area (Å²) in [5.41, 5.74) is 5.08. The van der Waals surface area contributed by atoms with Crippen LogP contribution in [0.2, 0.25) is 0 Å². The number of hydrogen-bond donors (Lipinski definition) is 3. The predicted octanol–water partition coefficient (Wildman–Crippen LogP) is 1.19. The predicted molar refractivity (Wildman–Crippen MR) is 78.8 cm³/mol. The van der Waals surface area contributed by atoms with Crippen molar-refractivity contribution in [3.05, 3.63) is 35.4 Å². The minimum atomic E-state index is 0.607. The first-order chi connectivity index (χ1) is 9.30. The van der Waals surface area contributed by atoms with E-state index in [2.05, 4.69) is 46.9 Å². The standard InChI is InChI=1S/C14H24N4O/c1-3-12-5-7-13(8-6-12)11-17-14(18-15)16-9-4-10-19-2/h5-8H,3-4,9-11,15H2,1-2H3,(H2,16,17,18). The molecule has 1 aromatic carbocycles. The third-order valence-corrected chi connectivity index (χ3v) is 2.81. The van der Waals surface area contributed by atoms with Crippen LogP contribution in [-0.2, 0) is 17.7 Å². The quantitative estimate of drug-likeness (QED) is 0.227. The van der Waals surface area contributed by atoms with Gasteiger partial charge in [0.05, 0.1) is 6.54 Å². The molecule has 0 fully saturated rings. The third-order valence-electron chi connectivity index (χ3n) is 2.81. The topological polar surface area (TPSA) is 71.7 Å². The highest BCUT2D eigenvalue weighted by molar-refractivity contribution is 5.79. The number of benzene rings is 1. The summed E-state index contributed by atoms with van der Waals surface area (Å²) < 4.78 is 4.98. The highest BCUT2D eigenvalue weighted by Gasteiger charge is 1.96. The second kappa shape index (κ2) is 9.35. The molecule has 0 saturated heterocycles. The Morgan fingerprint density at radius 3 is 2.53 bits per heavy atom. The van der Waals surface area contributed by atoms with E-state index in [0.29, 0.717) is 12.5 Å². The summed E-state index contributed by atoms with van der Waals surface area (Å²) in [7, 11) is 1.69. The van der Waals surface area contributed by atoms with Gasteiger partial charge in [-0.3, -0.25) is 5.43 Å². The van der Waals surface area contributed by atoms with Crippen LogP contribution >= 0.6 is 0 Å². The second-order valence-electron chi connectivity index (χ2n) is 4.25. The Morgan fingerprint density at radius 2 is 1.95 bits per heavy atom. The molecule has 0 bridgehead atoms. The van der Waals surface area contributed by atoms with Gasteiger partial charge < -0.3 is 10.1 Å². The number of nitrogens with zero attached hydrogens (tertiary/aromatic N) is 1. The zero-order valence-corrected chi connectivity index (χ0v) is 11.8. The average Bonchev–Trinajstić information content (AvgIpc) is 2.47. The number of aliphatic imine (C=N–C) groups is 1. The van der Waals surface area contributed by atoms with Crippen molar-refractivity contribution >= 4 is 5.96 Å². The van der Waals surface area contributed by atoms with E-state index in [1.165, 1.54) is 11.1 Å². The highest BCUT2D eigenvalue weighted by Crippen LogP contribution is 2.05. The highest BCUT2D eigenvalue weighted by atomic mass is 16.5. The van der Waals surface area contributed by atoms with Gasteiger partial charge in [-0.2, -0.15) is 0 Å². The fourth-order valence-electron chi connectivity index (χ4n) is 1.63. The molecule has 5 heteroatoms. The Labute approximate surface area is 115 Å². The number of methoxy groups -OCH3 is 1. The van der Waals surface area contributed by atoms with E-state index in [1.807, 2.05) is 0 Å². The van der Waals surface area contributed by atoms with E-state index in [0.717, 1.165) is 26.0 Å². The maximum absolute atomic E-state index is 5.42. The summed E-state index contributed by atoms with van der Waals surface area (Å²) in [4.78, 5) is 4.39. The van der Waals surface area contributed by atoms with Gasteiger partial charge in [-0.15, -0.1) is 0 Å². The largest absolute Gasteiger partial charge is 0.385 e. The van der Waals surface area contributed by atoms with E-state index in [9.17, 15) is 0 Å². The van der Waals surface area contributed by atoms with Crippen LogP contribution < -0.4 is 16.6 Å². The van der Waals surface area contributed by atoms with Crippen LogP contribution in [0.25, 0.3) is 0 Å². The molecule has 0 aliphatic carbocycles. The Balaban J connectivity index is 2.42. The van der Waals surface area contributed by atoms with E-state index < -0.39 is 0 Å². The van der Waals surface area contributed by atoms with Gasteiger partial charge in [-0.1, -0.05) is 31.2 Å². The SMILES string of the molecule is CCc1ccc(CN=C(NN)NCCCOC)cc1. The molecule has 19 heavy (non-hydrogen) atoms. The van der Waals surface area contributed by atoms with Crippen molar-refractivity contribution in [1.29, 1.82) is 0 Å². The molecule has 1 rings (SSSR count). The Bertz CT molecular complexity index is 376. The lowest BCUT2D eigenvalue weighted by Crippen LogP contribution is -2.42. The van der Waals surface area contributed by atoms with Crippen LogP contribution in [0.3, 0.4) is 0 Å². The maximum Gasteiger partial charge on any atom is 0.206 e. The number of nitrogens with two attached hydrogens (primary N) is 1. The lowest BCUT2D eigenvalue weighted by Gasteiger charge is -2.09. The minimum Gasteiger partial charge on any atom is -0.385 e. The number of guanidine groups is 1. The molecule has 0 saturated carbocycles. The monoisotopic (exact) mass is 264 g/mol. The van der Waals surface area contributed by atoms with Gasteiger partial charge in [-0.05, 0) is 24.0 Å². The zero-order valence-electron chi connectivity index (χ0n) is 11.8. The molecule has 5 nitrogen and oxygen atoms in total. The number of rotatable bonds is 7. The molecule has 0 unspecified atom stereocenters. The lowest BCUT2D eigenvalue weighted by atomic mass is 10.1. The van der Waals surface area contributed by atoms with Crippen LogP contribution in [0, 0.1) is 0 Å². The average molecular weight is 264 g/mol. The van der Waals surface area contributed by atoms with Crippen molar-refractivity contribution in [2.75, 3.05) is 20.3 Å². The molecule has 4 N–H and O–H groups in total. The molecule has 0 aliphatic rings. The molecule has 0 heterocycles. The van der Waals surface area contributed by atoms with Gasteiger partial charge in [0.2, 0.25) is 5.96 Å². The third kappa shape index (κ3) is 6.22. The van der Waals surface area contributed by atoms with Gasteiger partial charge in [0.15, 0.2) is 0 Å². The molecular formula is C14H24N4O. The molecule has 0 spiro atoms. The summed E-state index contributed by atoms with van der Waals surface area (Å²) in [5.74, 6) is 6.03. The molecule has 0 aromatic heterocycles. The molecular weight excluding hydrogens is 240 g/mol. The van der Waals surface area contributed by atoms with E-state index in [1.54, 1.807) is 7.11 Å². The van der Waals surface area contributed by atoms with E-state index >= 15 is 0 Å². The molecule has 0 amide bonds. The van der Waals surface area contributed by atoms with Crippen molar-refractivity contribution in [2.45, 2.75) is 26.3 Å². The fraction of sp³-hybridized carbons (Fsp3) is 0.500. The van der Waals surface area contributed by atoms with Gasteiger partial charge in [0, 0.05) is 20.3 Å². The molecule has 0 aliphatic heterocycles. The second-order valence-corrected chi connectivity index (χ2v) is 4.25. The zero-order chi connectivity index (χ0) is 13.9. The summed E-state index contributed by atoms with van der Waals surface area (Å²) >= 11 is 0. The number of nitrogens with one attached hydrogen (secondary N) is 2. The van der Waals surface area contributed by atoms with Crippen molar-refractivity contribution in [2.24, 2.45) is 10.8 Å². The number of hydrogen-bond acceptors (Lipinski definition) is 3. The van der Waals surface area contributed by atoms with Crippen molar-refractivity contribution in [1.82, 2.24) is 10.7 Å². The van der Waals surface area contributed by atoms with E-state index in [-0.39, 0.29) is 0 Å². The lowest BCUT2D eigenvalue weighted by molar-refractivity contribution is 0.195. The summed E-state index contributed by atoms with van der Waals surface area (Å²) in [5, 5.41) is 3.13. The fourth-order valence-corrected chi connectivity index (χ4v) is 1.63. The van der Waals surface area contributed by atoms with Gasteiger partial charge in [-0.25, -0.2) is 10.8 Å². The molecule has 106 valence electrons. The summed E-state index contributed by atoms with van der Waals surface area (Å²) in [6.45, 7) is 4.27. The minimum absolute atomic E-state index is 0.607. The van der Waals surface area contributed by atoms with Crippen molar-refractivity contribution in [3.8, 4) is 0 Å². The van der Waals surface area contributed by atoms with Gasteiger partial charge in [0.25, 0.3) is 0 Å². The molecule has 0 radical (unpaired) electrons. The van der Waals surface area contributed by atoms with Gasteiger partial charge >= 0.3 is 0 Å². The Kier molecular flexibility index (Phi) is 7.62.